The van der Waals surface area contributed by atoms with E-state index in [1.807, 2.05) is 50.6 Å². The quantitative estimate of drug-likeness (QED) is 0.483. The molecule has 158 valence electrons. The number of pyridine rings is 2. The standard InChI is InChI=1S/C27H23FN4/c1-4-19(22-8-5-9-25(28)24(22)15-29)14-23-26(32(3)21-7-6-12-30-17-21)11-10-20-13-18(2)16-31-27(20)23/h4-9,12-14,16-17H,1,10-11H2,2-3H3/b19-14+. The highest BCUT2D eigenvalue weighted by Gasteiger charge is 2.23. The Morgan fingerprint density at radius 1 is 1.22 bits per heavy atom. The van der Waals surface area contributed by atoms with Crippen LogP contribution in [0.2, 0.25) is 0 Å². The number of hydrogen-bond acceptors (Lipinski definition) is 4. The van der Waals surface area contributed by atoms with Gasteiger partial charge in [0.15, 0.2) is 0 Å². The predicted octanol–water partition coefficient (Wildman–Crippen LogP) is 5.86. The van der Waals surface area contributed by atoms with E-state index < -0.39 is 5.82 Å². The molecule has 5 heteroatoms. The first-order valence-corrected chi connectivity index (χ1v) is 10.4. The Labute approximate surface area is 187 Å². The van der Waals surface area contributed by atoms with Crippen LogP contribution in [0.4, 0.5) is 10.1 Å². The molecule has 0 fully saturated rings. The number of fused-ring (bicyclic) bond motifs is 1. The zero-order valence-corrected chi connectivity index (χ0v) is 18.1. The van der Waals surface area contributed by atoms with Gasteiger partial charge in [-0.2, -0.15) is 5.26 Å². The van der Waals surface area contributed by atoms with E-state index in [4.69, 9.17) is 4.98 Å². The Hall–Kier alpha value is -4.04. The lowest BCUT2D eigenvalue weighted by molar-refractivity contribution is 0.623. The van der Waals surface area contributed by atoms with E-state index in [0.717, 1.165) is 41.1 Å². The van der Waals surface area contributed by atoms with Crippen molar-refractivity contribution in [1.29, 1.82) is 5.26 Å². The molecule has 1 aliphatic rings. The zero-order chi connectivity index (χ0) is 22.7. The molecule has 0 saturated heterocycles. The van der Waals surface area contributed by atoms with Gasteiger partial charge in [0.25, 0.3) is 0 Å². The fourth-order valence-electron chi connectivity index (χ4n) is 4.08. The Kier molecular flexibility index (Phi) is 5.96. The summed E-state index contributed by atoms with van der Waals surface area (Å²) in [6, 6.07) is 12.7. The lowest BCUT2D eigenvalue weighted by Gasteiger charge is -2.29. The van der Waals surface area contributed by atoms with Crippen LogP contribution in [0.25, 0.3) is 11.1 Å². The minimum Gasteiger partial charge on any atom is -0.346 e. The molecule has 3 aromatic rings. The molecule has 2 aromatic heterocycles. The third-order valence-corrected chi connectivity index (χ3v) is 5.69. The maximum atomic E-state index is 14.3. The molecule has 0 saturated carbocycles. The van der Waals surface area contributed by atoms with Crippen molar-refractivity contribution in [2.45, 2.75) is 19.8 Å². The van der Waals surface area contributed by atoms with E-state index >= 15 is 0 Å². The van der Waals surface area contributed by atoms with Crippen LogP contribution in [-0.4, -0.2) is 17.0 Å². The lowest BCUT2D eigenvalue weighted by Crippen LogP contribution is -2.22. The lowest BCUT2D eigenvalue weighted by atomic mass is 9.88. The maximum Gasteiger partial charge on any atom is 0.141 e. The largest absolute Gasteiger partial charge is 0.346 e. The first-order valence-electron chi connectivity index (χ1n) is 10.4. The van der Waals surface area contributed by atoms with Gasteiger partial charge in [-0.1, -0.05) is 30.9 Å². The van der Waals surface area contributed by atoms with Gasteiger partial charge in [0, 0.05) is 36.3 Å². The first-order chi connectivity index (χ1) is 15.5. The molecule has 0 bridgehead atoms. The van der Waals surface area contributed by atoms with E-state index in [1.54, 1.807) is 24.4 Å². The molecule has 0 spiro atoms. The van der Waals surface area contributed by atoms with Crippen LogP contribution in [0.3, 0.4) is 0 Å². The van der Waals surface area contributed by atoms with Gasteiger partial charge in [0.2, 0.25) is 0 Å². The molecule has 2 heterocycles. The summed E-state index contributed by atoms with van der Waals surface area (Å²) in [4.78, 5) is 11.1. The van der Waals surface area contributed by atoms with Crippen molar-refractivity contribution in [2.75, 3.05) is 11.9 Å². The zero-order valence-electron chi connectivity index (χ0n) is 18.1. The van der Waals surface area contributed by atoms with E-state index in [9.17, 15) is 9.65 Å². The minimum absolute atomic E-state index is 0.00862. The summed E-state index contributed by atoms with van der Waals surface area (Å²) >= 11 is 0. The van der Waals surface area contributed by atoms with E-state index in [1.165, 1.54) is 11.6 Å². The van der Waals surface area contributed by atoms with Crippen LogP contribution in [0.5, 0.6) is 0 Å². The van der Waals surface area contributed by atoms with Crippen LogP contribution in [0, 0.1) is 24.1 Å². The van der Waals surface area contributed by atoms with Gasteiger partial charge in [-0.15, -0.1) is 0 Å². The second-order valence-corrected chi connectivity index (χ2v) is 7.73. The van der Waals surface area contributed by atoms with Crippen LogP contribution in [-0.2, 0) is 6.42 Å². The number of aromatic nitrogens is 2. The summed E-state index contributed by atoms with van der Waals surface area (Å²) in [6.07, 6.45) is 10.7. The van der Waals surface area contributed by atoms with E-state index in [-0.39, 0.29) is 5.56 Å². The number of halogens is 1. The number of hydrogen-bond donors (Lipinski definition) is 0. The highest BCUT2D eigenvalue weighted by molar-refractivity contribution is 5.91. The normalized spacial score (nSPS) is 13.4. The van der Waals surface area contributed by atoms with Gasteiger partial charge >= 0.3 is 0 Å². The second-order valence-electron chi connectivity index (χ2n) is 7.73. The molecule has 0 radical (unpaired) electrons. The third kappa shape index (κ3) is 3.95. The monoisotopic (exact) mass is 422 g/mol. The van der Waals surface area contributed by atoms with Crippen molar-refractivity contribution in [2.24, 2.45) is 0 Å². The van der Waals surface area contributed by atoms with Crippen LogP contribution >= 0.6 is 0 Å². The first kappa shape index (κ1) is 21.2. The maximum absolute atomic E-state index is 14.3. The van der Waals surface area contributed by atoms with E-state index in [2.05, 4.69) is 22.5 Å². The topological polar surface area (TPSA) is 52.8 Å². The number of nitrogens with zero attached hydrogens (tertiary/aromatic N) is 4. The summed E-state index contributed by atoms with van der Waals surface area (Å²) in [5, 5.41) is 9.54. The number of allylic oxidation sites excluding steroid dienone is 5. The Morgan fingerprint density at radius 2 is 2.06 bits per heavy atom. The molecule has 32 heavy (non-hydrogen) atoms. The summed E-state index contributed by atoms with van der Waals surface area (Å²) in [5.74, 6) is -0.544. The summed E-state index contributed by atoms with van der Waals surface area (Å²) < 4.78 is 14.3. The van der Waals surface area contributed by atoms with Gasteiger partial charge in [0.1, 0.15) is 11.9 Å². The Balaban J connectivity index is 1.95. The summed E-state index contributed by atoms with van der Waals surface area (Å²) in [5.41, 5.74) is 7.33. The molecule has 4 rings (SSSR count). The van der Waals surface area contributed by atoms with Crippen LogP contribution in [0.15, 0.2) is 79.4 Å². The molecular formula is C27H23FN4. The van der Waals surface area contributed by atoms with Crippen LogP contribution < -0.4 is 4.90 Å². The fraction of sp³-hybridized carbons (Fsp3) is 0.148. The fourth-order valence-corrected chi connectivity index (χ4v) is 4.08. The van der Waals surface area contributed by atoms with Gasteiger partial charge in [-0.25, -0.2) is 4.39 Å². The molecule has 0 atom stereocenters. The number of rotatable bonds is 5. The second kappa shape index (κ2) is 8.99. The smallest absolute Gasteiger partial charge is 0.141 e. The van der Waals surface area contributed by atoms with Crippen molar-refractivity contribution >= 4 is 16.8 Å². The number of aryl methyl sites for hydroxylation is 2. The SMILES string of the molecule is C=C/C(=C\C1=C(N(C)c2cccnc2)CCc2cc(C)cnc21)c1cccc(F)c1C#N. The summed E-state index contributed by atoms with van der Waals surface area (Å²) in [7, 11) is 2.01. The number of benzene rings is 1. The van der Waals surface area contributed by atoms with Crippen molar-refractivity contribution in [1.82, 2.24) is 9.97 Å². The van der Waals surface area contributed by atoms with Crippen molar-refractivity contribution in [3.63, 3.8) is 0 Å². The van der Waals surface area contributed by atoms with Crippen LogP contribution in [0.1, 0.15) is 34.4 Å². The highest BCUT2D eigenvalue weighted by Crippen LogP contribution is 2.37. The molecule has 0 aliphatic heterocycles. The molecule has 1 aliphatic carbocycles. The van der Waals surface area contributed by atoms with Crippen molar-refractivity contribution in [3.8, 4) is 6.07 Å². The van der Waals surface area contributed by atoms with Gasteiger partial charge in [-0.05, 0) is 60.7 Å². The third-order valence-electron chi connectivity index (χ3n) is 5.69. The molecular weight excluding hydrogens is 399 g/mol. The average Bonchev–Trinajstić information content (AvgIpc) is 2.82. The van der Waals surface area contributed by atoms with Crippen molar-refractivity contribution < 1.29 is 4.39 Å². The molecule has 0 unspecified atom stereocenters. The predicted molar refractivity (Wildman–Crippen MR) is 126 cm³/mol. The number of nitriles is 1. The Morgan fingerprint density at radius 3 is 2.78 bits per heavy atom. The van der Waals surface area contributed by atoms with Crippen molar-refractivity contribution in [3.05, 3.63) is 113 Å². The molecule has 0 amide bonds. The number of anilines is 1. The van der Waals surface area contributed by atoms with Gasteiger partial charge < -0.3 is 4.90 Å². The molecule has 1 aromatic carbocycles. The summed E-state index contributed by atoms with van der Waals surface area (Å²) in [6.45, 7) is 5.97. The highest BCUT2D eigenvalue weighted by atomic mass is 19.1. The average molecular weight is 423 g/mol. The minimum atomic E-state index is -0.544. The van der Waals surface area contributed by atoms with E-state index in [0.29, 0.717) is 11.1 Å². The van der Waals surface area contributed by atoms with Gasteiger partial charge in [0.05, 0.1) is 23.1 Å². The molecule has 4 nitrogen and oxygen atoms in total. The molecule has 0 N–H and O–H groups in total. The van der Waals surface area contributed by atoms with Gasteiger partial charge in [-0.3, -0.25) is 9.97 Å². The Bertz CT molecular complexity index is 1280.